The maximum absolute atomic E-state index is 12.6. The van der Waals surface area contributed by atoms with Gasteiger partial charge in [0.25, 0.3) is 0 Å². The first-order valence-corrected chi connectivity index (χ1v) is 9.29. The highest BCUT2D eigenvalue weighted by Crippen LogP contribution is 2.33. The summed E-state index contributed by atoms with van der Waals surface area (Å²) < 4.78 is 34.8. The number of carbonyl (C=O) groups is 1. The summed E-state index contributed by atoms with van der Waals surface area (Å²) in [4.78, 5) is 14.5. The van der Waals surface area contributed by atoms with Crippen LogP contribution >= 0.6 is 0 Å². The SMILES string of the molecule is COc1cccc(/C=C/C(=O)NCC(C)CN2CCCCC2)c1OC(F)F. The van der Waals surface area contributed by atoms with E-state index >= 15 is 0 Å². The van der Waals surface area contributed by atoms with Gasteiger partial charge >= 0.3 is 6.61 Å². The van der Waals surface area contributed by atoms with Crippen LogP contribution in [0.25, 0.3) is 6.08 Å². The van der Waals surface area contributed by atoms with Crippen molar-refractivity contribution in [3.8, 4) is 11.5 Å². The highest BCUT2D eigenvalue weighted by molar-refractivity contribution is 5.92. The molecule has 0 saturated carbocycles. The number of benzene rings is 1. The fraction of sp³-hybridized carbons (Fsp3) is 0.550. The monoisotopic (exact) mass is 382 g/mol. The minimum absolute atomic E-state index is 0.0856. The smallest absolute Gasteiger partial charge is 0.387 e. The second-order valence-electron chi connectivity index (χ2n) is 6.80. The van der Waals surface area contributed by atoms with Gasteiger partial charge in [-0.3, -0.25) is 4.79 Å². The Morgan fingerprint density at radius 3 is 2.70 bits per heavy atom. The van der Waals surface area contributed by atoms with Gasteiger partial charge in [-0.15, -0.1) is 0 Å². The Morgan fingerprint density at radius 2 is 2.04 bits per heavy atom. The molecule has 1 aromatic carbocycles. The minimum atomic E-state index is -2.97. The molecule has 27 heavy (non-hydrogen) atoms. The third kappa shape index (κ3) is 7.17. The molecule has 7 heteroatoms. The zero-order chi connectivity index (χ0) is 19.6. The van der Waals surface area contributed by atoms with E-state index in [1.54, 1.807) is 12.1 Å². The fourth-order valence-electron chi connectivity index (χ4n) is 3.19. The van der Waals surface area contributed by atoms with Crippen LogP contribution in [-0.2, 0) is 4.79 Å². The molecule has 0 aromatic heterocycles. The number of halogens is 2. The Kier molecular flexibility index (Phi) is 8.51. The standard InChI is InChI=1S/C20H28F2N2O3/c1-15(14-24-11-4-3-5-12-24)13-23-18(25)10-9-16-7-6-8-17(26-2)19(16)27-20(21)22/h6-10,15,20H,3-5,11-14H2,1-2H3,(H,23,25)/b10-9+. The molecule has 1 N–H and O–H groups in total. The Labute approximate surface area is 159 Å². The van der Waals surface area contributed by atoms with Gasteiger partial charge in [-0.05, 0) is 44.0 Å². The van der Waals surface area contributed by atoms with E-state index in [1.165, 1.54) is 44.6 Å². The number of amides is 1. The van der Waals surface area contributed by atoms with Gasteiger partial charge in [0.15, 0.2) is 11.5 Å². The predicted octanol–water partition coefficient (Wildman–Crippen LogP) is 3.55. The maximum atomic E-state index is 12.6. The van der Waals surface area contributed by atoms with Gasteiger partial charge in [-0.1, -0.05) is 25.5 Å². The Hall–Kier alpha value is -2.15. The molecular formula is C20H28F2N2O3. The number of nitrogens with zero attached hydrogens (tertiary/aromatic N) is 1. The highest BCUT2D eigenvalue weighted by Gasteiger charge is 2.15. The molecule has 5 nitrogen and oxygen atoms in total. The van der Waals surface area contributed by atoms with Gasteiger partial charge in [-0.2, -0.15) is 8.78 Å². The van der Waals surface area contributed by atoms with Crippen LogP contribution in [-0.4, -0.2) is 50.7 Å². The number of hydrogen-bond donors (Lipinski definition) is 1. The molecule has 1 aliphatic rings. The first-order chi connectivity index (χ1) is 13.0. The first-order valence-electron chi connectivity index (χ1n) is 9.29. The molecular weight excluding hydrogens is 354 g/mol. The van der Waals surface area contributed by atoms with E-state index in [0.717, 1.165) is 19.6 Å². The molecule has 1 fully saturated rings. The lowest BCUT2D eigenvalue weighted by atomic mass is 10.1. The molecule has 1 saturated heterocycles. The molecule has 0 bridgehead atoms. The lowest BCUT2D eigenvalue weighted by molar-refractivity contribution is -0.116. The van der Waals surface area contributed by atoms with Crippen molar-refractivity contribution < 1.29 is 23.0 Å². The van der Waals surface area contributed by atoms with E-state index in [9.17, 15) is 13.6 Å². The number of carbonyl (C=O) groups excluding carboxylic acids is 1. The fourth-order valence-corrected chi connectivity index (χ4v) is 3.19. The Bertz CT molecular complexity index is 632. The Morgan fingerprint density at radius 1 is 1.30 bits per heavy atom. The normalized spacial score (nSPS) is 16.5. The number of alkyl halides is 2. The molecule has 1 atom stereocenters. The molecule has 150 valence electrons. The summed E-state index contributed by atoms with van der Waals surface area (Å²) in [5.41, 5.74) is 0.353. The lowest BCUT2D eigenvalue weighted by Crippen LogP contribution is -2.37. The topological polar surface area (TPSA) is 50.8 Å². The number of para-hydroxylation sites is 1. The van der Waals surface area contributed by atoms with E-state index < -0.39 is 6.61 Å². The summed E-state index contributed by atoms with van der Waals surface area (Å²) in [6, 6.07) is 4.76. The molecule has 1 heterocycles. The van der Waals surface area contributed by atoms with E-state index in [2.05, 4.69) is 21.9 Å². The van der Waals surface area contributed by atoms with Gasteiger partial charge in [0.1, 0.15) is 0 Å². The largest absolute Gasteiger partial charge is 0.493 e. The van der Waals surface area contributed by atoms with Crippen LogP contribution in [0, 0.1) is 5.92 Å². The molecule has 0 radical (unpaired) electrons. The van der Waals surface area contributed by atoms with Gasteiger partial charge in [0.05, 0.1) is 7.11 Å². The second-order valence-corrected chi connectivity index (χ2v) is 6.80. The van der Waals surface area contributed by atoms with Crippen molar-refractivity contribution in [1.82, 2.24) is 10.2 Å². The molecule has 0 spiro atoms. The molecule has 2 rings (SSSR count). The van der Waals surface area contributed by atoms with Crippen LogP contribution < -0.4 is 14.8 Å². The molecule has 1 unspecified atom stereocenters. The maximum Gasteiger partial charge on any atom is 0.387 e. The van der Waals surface area contributed by atoms with Crippen LogP contribution in [0.3, 0.4) is 0 Å². The summed E-state index contributed by atoms with van der Waals surface area (Å²) in [6.45, 7) is 2.92. The summed E-state index contributed by atoms with van der Waals surface area (Å²) >= 11 is 0. The van der Waals surface area contributed by atoms with Gasteiger partial charge < -0.3 is 19.7 Å². The van der Waals surface area contributed by atoms with Crippen molar-refractivity contribution in [2.45, 2.75) is 32.8 Å². The summed E-state index contributed by atoms with van der Waals surface area (Å²) in [5, 5.41) is 2.86. The van der Waals surface area contributed by atoms with Crippen molar-refractivity contribution in [3.05, 3.63) is 29.8 Å². The van der Waals surface area contributed by atoms with E-state index in [0.29, 0.717) is 18.0 Å². The van der Waals surface area contributed by atoms with Crippen molar-refractivity contribution >= 4 is 12.0 Å². The van der Waals surface area contributed by atoms with Crippen molar-refractivity contribution in [2.75, 3.05) is 33.3 Å². The first kappa shape index (κ1) is 21.2. The van der Waals surface area contributed by atoms with Crippen LogP contribution in [0.4, 0.5) is 8.78 Å². The minimum Gasteiger partial charge on any atom is -0.493 e. The number of nitrogens with one attached hydrogen (secondary N) is 1. The number of ether oxygens (including phenoxy) is 2. The number of hydrogen-bond acceptors (Lipinski definition) is 4. The summed E-state index contributed by atoms with van der Waals surface area (Å²) in [6.07, 6.45) is 6.55. The quantitative estimate of drug-likeness (QED) is 0.664. The van der Waals surface area contributed by atoms with Crippen LogP contribution in [0.15, 0.2) is 24.3 Å². The number of methoxy groups -OCH3 is 1. The molecule has 0 aliphatic carbocycles. The third-order valence-electron chi connectivity index (χ3n) is 4.49. The van der Waals surface area contributed by atoms with Crippen molar-refractivity contribution in [2.24, 2.45) is 5.92 Å². The van der Waals surface area contributed by atoms with Gasteiger partial charge in [0.2, 0.25) is 5.91 Å². The summed E-state index contributed by atoms with van der Waals surface area (Å²) in [7, 11) is 1.37. The van der Waals surface area contributed by atoms with Gasteiger partial charge in [-0.25, -0.2) is 0 Å². The van der Waals surface area contributed by atoms with Crippen LogP contribution in [0.2, 0.25) is 0 Å². The average molecular weight is 382 g/mol. The van der Waals surface area contributed by atoms with Crippen molar-refractivity contribution in [3.63, 3.8) is 0 Å². The zero-order valence-electron chi connectivity index (χ0n) is 15.9. The van der Waals surface area contributed by atoms with Crippen LogP contribution in [0.1, 0.15) is 31.7 Å². The van der Waals surface area contributed by atoms with Gasteiger partial charge in [0, 0.05) is 24.7 Å². The lowest BCUT2D eigenvalue weighted by Gasteiger charge is -2.29. The van der Waals surface area contributed by atoms with E-state index in [4.69, 9.17) is 4.74 Å². The third-order valence-corrected chi connectivity index (χ3v) is 4.49. The number of piperidine rings is 1. The molecule has 1 amide bonds. The zero-order valence-corrected chi connectivity index (χ0v) is 15.9. The van der Waals surface area contributed by atoms with Crippen LogP contribution in [0.5, 0.6) is 11.5 Å². The summed E-state index contributed by atoms with van der Waals surface area (Å²) in [5.74, 6) is 0.173. The van der Waals surface area contributed by atoms with Crippen molar-refractivity contribution in [1.29, 1.82) is 0 Å². The van der Waals surface area contributed by atoms with E-state index in [1.807, 2.05) is 0 Å². The Balaban J connectivity index is 1.88. The highest BCUT2D eigenvalue weighted by atomic mass is 19.3. The predicted molar refractivity (Wildman–Crippen MR) is 101 cm³/mol. The average Bonchev–Trinajstić information content (AvgIpc) is 2.66. The number of likely N-dealkylation sites (tertiary alicyclic amines) is 1. The molecule has 1 aromatic rings. The number of rotatable bonds is 9. The second kappa shape index (κ2) is 10.9. The van der Waals surface area contributed by atoms with E-state index in [-0.39, 0.29) is 17.4 Å². The molecule has 1 aliphatic heterocycles.